The molecule has 0 radical (unpaired) electrons. The van der Waals surface area contributed by atoms with Crippen molar-refractivity contribution in [3.63, 3.8) is 0 Å². The van der Waals surface area contributed by atoms with Crippen LogP contribution in [0.5, 0.6) is 5.75 Å². The number of phenolic OH excluding ortho intramolecular Hbond substituents is 1. The van der Waals surface area contributed by atoms with Crippen LogP contribution in [0.3, 0.4) is 0 Å². The molecule has 3 nitrogen and oxygen atoms in total. The fourth-order valence-electron chi connectivity index (χ4n) is 1.63. The van der Waals surface area contributed by atoms with E-state index in [1.807, 2.05) is 31.2 Å². The van der Waals surface area contributed by atoms with Crippen LogP contribution in [-0.2, 0) is 6.42 Å². The normalized spacial score (nSPS) is 10.2. The number of anilines is 1. The van der Waals surface area contributed by atoms with Crippen molar-refractivity contribution in [2.24, 2.45) is 0 Å². The quantitative estimate of drug-likeness (QED) is 0.845. The van der Waals surface area contributed by atoms with E-state index in [0.717, 1.165) is 18.8 Å². The van der Waals surface area contributed by atoms with Gasteiger partial charge in [-0.05, 0) is 48.7 Å². The smallest absolute Gasteiger partial charge is 0.126 e. The van der Waals surface area contributed by atoms with Crippen LogP contribution in [0, 0.1) is 6.92 Å². The number of aromatic hydroxyl groups is 1. The standard InChI is InChI=1S/C14H16N2O/c1-11-6-8-15-14(10-11)16-9-7-12-2-4-13(17)5-3-12/h2-6,8,10,17H,7,9H2,1H3,(H,15,16). The summed E-state index contributed by atoms with van der Waals surface area (Å²) in [4.78, 5) is 4.23. The highest BCUT2D eigenvalue weighted by atomic mass is 16.3. The predicted molar refractivity (Wildman–Crippen MR) is 69.3 cm³/mol. The monoisotopic (exact) mass is 228 g/mol. The summed E-state index contributed by atoms with van der Waals surface area (Å²) in [5.41, 5.74) is 2.40. The summed E-state index contributed by atoms with van der Waals surface area (Å²) < 4.78 is 0. The molecule has 1 aromatic heterocycles. The number of phenols is 1. The molecule has 0 saturated carbocycles. The van der Waals surface area contributed by atoms with Gasteiger partial charge in [-0.25, -0.2) is 4.98 Å². The molecule has 0 fully saturated rings. The van der Waals surface area contributed by atoms with Gasteiger partial charge in [0.25, 0.3) is 0 Å². The highest BCUT2D eigenvalue weighted by Gasteiger charge is 1.96. The van der Waals surface area contributed by atoms with Crippen LogP contribution < -0.4 is 5.32 Å². The minimum Gasteiger partial charge on any atom is -0.508 e. The van der Waals surface area contributed by atoms with E-state index in [1.54, 1.807) is 18.3 Å². The Kier molecular flexibility index (Phi) is 3.60. The van der Waals surface area contributed by atoms with Gasteiger partial charge in [-0.15, -0.1) is 0 Å². The summed E-state index contributed by atoms with van der Waals surface area (Å²) in [6, 6.07) is 11.3. The highest BCUT2D eigenvalue weighted by Crippen LogP contribution is 2.10. The highest BCUT2D eigenvalue weighted by molar-refractivity contribution is 5.37. The molecule has 2 rings (SSSR count). The van der Waals surface area contributed by atoms with Crippen LogP contribution in [0.4, 0.5) is 5.82 Å². The van der Waals surface area contributed by atoms with E-state index in [2.05, 4.69) is 10.3 Å². The SMILES string of the molecule is Cc1ccnc(NCCc2ccc(O)cc2)c1. The van der Waals surface area contributed by atoms with Crippen molar-refractivity contribution in [1.82, 2.24) is 4.98 Å². The number of aromatic nitrogens is 1. The third-order valence-corrected chi connectivity index (χ3v) is 2.57. The van der Waals surface area contributed by atoms with Crippen LogP contribution in [0.2, 0.25) is 0 Å². The fourth-order valence-corrected chi connectivity index (χ4v) is 1.63. The molecule has 2 aromatic rings. The molecule has 0 amide bonds. The molecule has 1 heterocycles. The molecular weight excluding hydrogens is 212 g/mol. The molecular formula is C14H16N2O. The zero-order valence-electron chi connectivity index (χ0n) is 9.85. The Labute approximate surface area is 101 Å². The van der Waals surface area contributed by atoms with Crippen molar-refractivity contribution in [2.75, 3.05) is 11.9 Å². The Bertz CT molecular complexity index is 480. The maximum absolute atomic E-state index is 9.17. The number of benzene rings is 1. The number of rotatable bonds is 4. The van der Waals surface area contributed by atoms with Crippen molar-refractivity contribution in [3.05, 3.63) is 53.7 Å². The van der Waals surface area contributed by atoms with Crippen LogP contribution in [0.25, 0.3) is 0 Å². The number of nitrogens with one attached hydrogen (secondary N) is 1. The molecule has 3 heteroatoms. The topological polar surface area (TPSA) is 45.2 Å². The summed E-state index contributed by atoms with van der Waals surface area (Å²) >= 11 is 0. The Morgan fingerprint density at radius 1 is 1.18 bits per heavy atom. The average Bonchev–Trinajstić information content (AvgIpc) is 2.32. The van der Waals surface area contributed by atoms with Gasteiger partial charge in [0.2, 0.25) is 0 Å². The second-order valence-electron chi connectivity index (χ2n) is 4.06. The first-order valence-electron chi connectivity index (χ1n) is 5.68. The Hall–Kier alpha value is -2.03. The first-order valence-corrected chi connectivity index (χ1v) is 5.68. The second kappa shape index (κ2) is 5.34. The second-order valence-corrected chi connectivity index (χ2v) is 4.06. The summed E-state index contributed by atoms with van der Waals surface area (Å²) in [5.74, 6) is 1.21. The van der Waals surface area contributed by atoms with Crippen LogP contribution >= 0.6 is 0 Å². The van der Waals surface area contributed by atoms with Gasteiger partial charge in [-0.1, -0.05) is 12.1 Å². The fraction of sp³-hybridized carbons (Fsp3) is 0.214. The molecule has 0 unspecified atom stereocenters. The van der Waals surface area contributed by atoms with Gasteiger partial charge in [0.05, 0.1) is 0 Å². The van der Waals surface area contributed by atoms with Gasteiger partial charge in [0.1, 0.15) is 11.6 Å². The Balaban J connectivity index is 1.85. The van der Waals surface area contributed by atoms with Crippen molar-refractivity contribution in [2.45, 2.75) is 13.3 Å². The van der Waals surface area contributed by atoms with Gasteiger partial charge < -0.3 is 10.4 Å². The molecule has 0 bridgehead atoms. The van der Waals surface area contributed by atoms with Crippen molar-refractivity contribution in [3.8, 4) is 5.75 Å². The summed E-state index contributed by atoms with van der Waals surface area (Å²) in [6.45, 7) is 2.88. The molecule has 0 saturated heterocycles. The molecule has 2 N–H and O–H groups in total. The van der Waals surface area contributed by atoms with Crippen LogP contribution in [0.15, 0.2) is 42.6 Å². The largest absolute Gasteiger partial charge is 0.508 e. The number of hydrogen-bond donors (Lipinski definition) is 2. The number of pyridine rings is 1. The van der Waals surface area contributed by atoms with Crippen molar-refractivity contribution >= 4 is 5.82 Å². The van der Waals surface area contributed by atoms with E-state index in [0.29, 0.717) is 5.75 Å². The maximum Gasteiger partial charge on any atom is 0.126 e. The predicted octanol–water partition coefficient (Wildman–Crippen LogP) is 2.75. The van der Waals surface area contributed by atoms with Gasteiger partial charge in [-0.3, -0.25) is 0 Å². The third kappa shape index (κ3) is 3.48. The Morgan fingerprint density at radius 3 is 2.65 bits per heavy atom. The van der Waals surface area contributed by atoms with Gasteiger partial charge in [0.15, 0.2) is 0 Å². The van der Waals surface area contributed by atoms with Gasteiger partial charge in [-0.2, -0.15) is 0 Å². The van der Waals surface area contributed by atoms with Gasteiger partial charge >= 0.3 is 0 Å². The summed E-state index contributed by atoms with van der Waals surface area (Å²) in [5, 5.41) is 12.4. The number of aryl methyl sites for hydroxylation is 1. The lowest BCUT2D eigenvalue weighted by molar-refractivity contribution is 0.475. The molecule has 17 heavy (non-hydrogen) atoms. The van der Waals surface area contributed by atoms with Crippen LogP contribution in [0.1, 0.15) is 11.1 Å². The van der Waals surface area contributed by atoms with E-state index < -0.39 is 0 Å². The van der Waals surface area contributed by atoms with Gasteiger partial charge in [0, 0.05) is 12.7 Å². The average molecular weight is 228 g/mol. The lowest BCUT2D eigenvalue weighted by atomic mass is 10.1. The maximum atomic E-state index is 9.17. The molecule has 88 valence electrons. The van der Waals surface area contributed by atoms with Crippen molar-refractivity contribution < 1.29 is 5.11 Å². The summed E-state index contributed by atoms with van der Waals surface area (Å²) in [6.07, 6.45) is 2.72. The lowest BCUT2D eigenvalue weighted by Crippen LogP contribution is -2.06. The van der Waals surface area contributed by atoms with E-state index in [-0.39, 0.29) is 0 Å². The number of nitrogens with zero attached hydrogens (tertiary/aromatic N) is 1. The number of hydrogen-bond acceptors (Lipinski definition) is 3. The zero-order chi connectivity index (χ0) is 12.1. The first-order chi connectivity index (χ1) is 8.24. The minimum atomic E-state index is 0.307. The first kappa shape index (κ1) is 11.5. The van der Waals surface area contributed by atoms with E-state index in [9.17, 15) is 0 Å². The van der Waals surface area contributed by atoms with Crippen LogP contribution in [-0.4, -0.2) is 16.6 Å². The third-order valence-electron chi connectivity index (χ3n) is 2.57. The van der Waals surface area contributed by atoms with Crippen molar-refractivity contribution in [1.29, 1.82) is 0 Å². The zero-order valence-corrected chi connectivity index (χ0v) is 9.85. The van der Waals surface area contributed by atoms with E-state index >= 15 is 0 Å². The molecule has 0 aliphatic carbocycles. The molecule has 0 aliphatic heterocycles. The molecule has 0 atom stereocenters. The lowest BCUT2D eigenvalue weighted by Gasteiger charge is -2.06. The van der Waals surface area contributed by atoms with E-state index in [4.69, 9.17) is 5.11 Å². The molecule has 0 spiro atoms. The Morgan fingerprint density at radius 2 is 1.94 bits per heavy atom. The minimum absolute atomic E-state index is 0.307. The van der Waals surface area contributed by atoms with E-state index in [1.165, 1.54) is 11.1 Å². The molecule has 1 aromatic carbocycles. The summed E-state index contributed by atoms with van der Waals surface area (Å²) in [7, 11) is 0. The molecule has 0 aliphatic rings.